The quantitative estimate of drug-likeness (QED) is 0.0261. The van der Waals surface area contributed by atoms with Crippen LogP contribution >= 0.6 is 0 Å². The minimum absolute atomic E-state index is 0.0895. The van der Waals surface area contributed by atoms with Crippen LogP contribution in [-0.2, 0) is 28.6 Å². The van der Waals surface area contributed by atoms with E-state index in [-0.39, 0.29) is 31.1 Å². The standard InChI is InChI=1S/C77H128O6/c1-4-7-10-13-16-19-22-25-28-30-31-32-33-34-35-36-37-38-39-40-41-42-43-44-45-47-49-52-55-58-61-64-67-70-76(79)82-73-74(72-81-75(78)69-66-63-60-57-54-51-48-27-24-21-18-15-12-9-6-3)83-77(80)71-68-65-62-59-56-53-50-46-29-26-23-20-17-14-11-8-5-2/h7,10,16-17,19-20,25-29,31-32,34-35,37-38,40-41,43-44,48,74H,4-6,8-9,11-15,18,21-24,30,33,36,39,42,45-47,49-73H2,1-3H3/b10-7-,19-16-,20-17-,28-25-,29-26-,32-31-,35-34-,38-37-,41-40-,44-43-,48-27-. The van der Waals surface area contributed by atoms with Gasteiger partial charge >= 0.3 is 17.9 Å². The van der Waals surface area contributed by atoms with E-state index in [1.165, 1.54) is 141 Å². The highest BCUT2D eigenvalue weighted by molar-refractivity contribution is 5.71. The molecule has 472 valence electrons. The van der Waals surface area contributed by atoms with Gasteiger partial charge in [0.05, 0.1) is 0 Å². The highest BCUT2D eigenvalue weighted by atomic mass is 16.6. The first-order valence-electron chi connectivity index (χ1n) is 34.7. The first kappa shape index (κ1) is 78.5. The van der Waals surface area contributed by atoms with E-state index in [9.17, 15) is 14.4 Å². The predicted octanol–water partition coefficient (Wildman–Crippen LogP) is 24.1. The van der Waals surface area contributed by atoms with Gasteiger partial charge in [0.2, 0.25) is 0 Å². The van der Waals surface area contributed by atoms with Crippen LogP contribution in [0.15, 0.2) is 134 Å². The number of unbranched alkanes of at least 4 members (excludes halogenated alkanes) is 29. The molecular formula is C77H128O6. The lowest BCUT2D eigenvalue weighted by Gasteiger charge is -2.18. The molecule has 0 aromatic heterocycles. The van der Waals surface area contributed by atoms with E-state index in [1.54, 1.807) is 0 Å². The van der Waals surface area contributed by atoms with E-state index >= 15 is 0 Å². The summed E-state index contributed by atoms with van der Waals surface area (Å²) in [5.74, 6) is -0.907. The number of hydrogen-bond donors (Lipinski definition) is 0. The topological polar surface area (TPSA) is 78.9 Å². The molecule has 0 aliphatic carbocycles. The number of hydrogen-bond acceptors (Lipinski definition) is 6. The first-order chi connectivity index (χ1) is 41.0. The SMILES string of the molecule is CC/C=C\C/C=C\C/C=C\C/C=C\C/C=C\C/C=C\C/C=C\C/C=C\CCCCCCCCCCC(=O)OCC(COC(=O)CCCCCCC/C=C\CCCCCCCC)OC(=O)CCCCCCCCC/C=C\C/C=C\CCCCC. The monoisotopic (exact) mass is 1150 g/mol. The lowest BCUT2D eigenvalue weighted by molar-refractivity contribution is -0.167. The Bertz CT molecular complexity index is 1750. The van der Waals surface area contributed by atoms with Gasteiger partial charge in [-0.25, -0.2) is 0 Å². The average molecular weight is 1150 g/mol. The minimum atomic E-state index is -0.794. The second-order valence-corrected chi connectivity index (χ2v) is 22.7. The van der Waals surface area contributed by atoms with Gasteiger partial charge in [-0.3, -0.25) is 14.4 Å². The van der Waals surface area contributed by atoms with Crippen LogP contribution in [0.5, 0.6) is 0 Å². The average Bonchev–Trinajstić information content (AvgIpc) is 3.49. The Hall–Kier alpha value is -4.45. The maximum absolute atomic E-state index is 12.9. The molecular weight excluding hydrogens is 1020 g/mol. The minimum Gasteiger partial charge on any atom is -0.462 e. The number of ether oxygens (including phenoxy) is 3. The van der Waals surface area contributed by atoms with Gasteiger partial charge in [0, 0.05) is 19.3 Å². The second kappa shape index (κ2) is 70.0. The summed E-state index contributed by atoms with van der Waals surface area (Å²) < 4.78 is 16.9. The van der Waals surface area contributed by atoms with Gasteiger partial charge in [-0.2, -0.15) is 0 Å². The first-order valence-corrected chi connectivity index (χ1v) is 34.7. The molecule has 0 saturated carbocycles. The summed E-state index contributed by atoms with van der Waals surface area (Å²) >= 11 is 0. The normalized spacial score (nSPS) is 13.0. The second-order valence-electron chi connectivity index (χ2n) is 22.7. The lowest BCUT2D eigenvalue weighted by atomic mass is 10.1. The molecule has 0 aromatic rings. The smallest absolute Gasteiger partial charge is 0.306 e. The highest BCUT2D eigenvalue weighted by Gasteiger charge is 2.19. The fourth-order valence-electron chi connectivity index (χ4n) is 9.43. The van der Waals surface area contributed by atoms with Crippen LogP contribution in [0.3, 0.4) is 0 Å². The molecule has 0 amide bonds. The highest BCUT2D eigenvalue weighted by Crippen LogP contribution is 2.15. The van der Waals surface area contributed by atoms with Crippen molar-refractivity contribution in [2.45, 2.75) is 322 Å². The maximum atomic E-state index is 12.9. The zero-order chi connectivity index (χ0) is 59.9. The molecule has 0 bridgehead atoms. The van der Waals surface area contributed by atoms with Crippen LogP contribution in [0.25, 0.3) is 0 Å². The van der Waals surface area contributed by atoms with Crippen LogP contribution in [0.2, 0.25) is 0 Å². The van der Waals surface area contributed by atoms with Gasteiger partial charge in [0.25, 0.3) is 0 Å². The predicted molar refractivity (Wildman–Crippen MR) is 362 cm³/mol. The maximum Gasteiger partial charge on any atom is 0.306 e. The molecule has 6 nitrogen and oxygen atoms in total. The molecule has 0 radical (unpaired) electrons. The number of allylic oxidation sites excluding steroid dienone is 22. The molecule has 83 heavy (non-hydrogen) atoms. The molecule has 0 spiro atoms. The zero-order valence-corrected chi connectivity index (χ0v) is 54.2. The van der Waals surface area contributed by atoms with Crippen LogP contribution in [-0.4, -0.2) is 37.2 Å². The molecule has 0 fully saturated rings. The van der Waals surface area contributed by atoms with Gasteiger partial charge in [-0.1, -0.05) is 289 Å². The molecule has 0 rings (SSSR count). The molecule has 0 aromatic carbocycles. The van der Waals surface area contributed by atoms with Crippen molar-refractivity contribution in [1.82, 2.24) is 0 Å². The Labute approximate surface area is 513 Å². The number of carbonyl (C=O) groups excluding carboxylic acids is 3. The van der Waals surface area contributed by atoms with Crippen LogP contribution in [0.1, 0.15) is 316 Å². The van der Waals surface area contributed by atoms with Crippen molar-refractivity contribution in [3.63, 3.8) is 0 Å². The number of esters is 3. The molecule has 1 atom stereocenters. The summed E-state index contributed by atoms with van der Waals surface area (Å²) in [6, 6.07) is 0. The number of rotatable bonds is 62. The van der Waals surface area contributed by atoms with E-state index in [0.717, 1.165) is 135 Å². The van der Waals surface area contributed by atoms with Crippen molar-refractivity contribution in [3.05, 3.63) is 134 Å². The van der Waals surface area contributed by atoms with Crippen molar-refractivity contribution in [2.75, 3.05) is 13.2 Å². The van der Waals surface area contributed by atoms with E-state index in [4.69, 9.17) is 14.2 Å². The van der Waals surface area contributed by atoms with E-state index in [2.05, 4.69) is 154 Å². The molecule has 1 unspecified atom stereocenters. The zero-order valence-electron chi connectivity index (χ0n) is 54.2. The van der Waals surface area contributed by atoms with Crippen molar-refractivity contribution in [3.8, 4) is 0 Å². The Kier molecular flexibility index (Phi) is 66.3. The van der Waals surface area contributed by atoms with Gasteiger partial charge in [-0.15, -0.1) is 0 Å². The van der Waals surface area contributed by atoms with Gasteiger partial charge in [0.15, 0.2) is 6.10 Å². The Morgan fingerprint density at radius 1 is 0.253 bits per heavy atom. The largest absolute Gasteiger partial charge is 0.462 e. The van der Waals surface area contributed by atoms with E-state index in [0.29, 0.717) is 19.3 Å². The van der Waals surface area contributed by atoms with E-state index < -0.39 is 6.10 Å². The Morgan fingerprint density at radius 3 is 0.771 bits per heavy atom. The third-order valence-corrected chi connectivity index (χ3v) is 14.6. The van der Waals surface area contributed by atoms with Gasteiger partial charge in [0.1, 0.15) is 13.2 Å². The lowest BCUT2D eigenvalue weighted by Crippen LogP contribution is -2.30. The van der Waals surface area contributed by atoms with Crippen LogP contribution in [0, 0.1) is 0 Å². The molecule has 0 saturated heterocycles. The third-order valence-electron chi connectivity index (χ3n) is 14.6. The molecule has 0 aliphatic heterocycles. The van der Waals surface area contributed by atoms with Gasteiger partial charge in [-0.05, 0) is 141 Å². The van der Waals surface area contributed by atoms with Crippen LogP contribution < -0.4 is 0 Å². The van der Waals surface area contributed by atoms with Gasteiger partial charge < -0.3 is 14.2 Å². The third kappa shape index (κ3) is 68.2. The Balaban J connectivity index is 4.32. The van der Waals surface area contributed by atoms with Crippen LogP contribution in [0.4, 0.5) is 0 Å². The summed E-state index contributed by atoms with van der Waals surface area (Å²) in [5, 5.41) is 0. The summed E-state index contributed by atoms with van der Waals surface area (Å²) in [5.41, 5.74) is 0. The number of carbonyl (C=O) groups is 3. The summed E-state index contributed by atoms with van der Waals surface area (Å²) in [6.45, 7) is 6.49. The molecule has 0 N–H and O–H groups in total. The van der Waals surface area contributed by atoms with Crippen molar-refractivity contribution >= 4 is 17.9 Å². The molecule has 6 heteroatoms. The fourth-order valence-corrected chi connectivity index (χ4v) is 9.43. The van der Waals surface area contributed by atoms with E-state index in [1.807, 2.05) is 0 Å². The summed E-state index contributed by atoms with van der Waals surface area (Å²) in [6.07, 6.45) is 98.9. The fraction of sp³-hybridized carbons (Fsp3) is 0.675. The molecule has 0 aliphatic rings. The Morgan fingerprint density at radius 2 is 0.470 bits per heavy atom. The van der Waals surface area contributed by atoms with Crippen molar-refractivity contribution in [2.24, 2.45) is 0 Å². The van der Waals surface area contributed by atoms with Crippen molar-refractivity contribution < 1.29 is 28.6 Å². The molecule has 0 heterocycles. The summed E-state index contributed by atoms with van der Waals surface area (Å²) in [7, 11) is 0. The van der Waals surface area contributed by atoms with Crippen molar-refractivity contribution in [1.29, 1.82) is 0 Å². The summed E-state index contributed by atoms with van der Waals surface area (Å²) in [4.78, 5) is 38.4.